The number of aromatic nitrogens is 3. The largest absolute Gasteiger partial charge is 0.225 e. The first-order valence-electron chi connectivity index (χ1n) is 4.57. The summed E-state index contributed by atoms with van der Waals surface area (Å²) in [5.74, 6) is 0. The van der Waals surface area contributed by atoms with Gasteiger partial charge in [0.25, 0.3) is 0 Å². The van der Waals surface area contributed by atoms with Crippen LogP contribution in [0.25, 0.3) is 0 Å². The molecule has 0 aliphatic heterocycles. The molecule has 0 atom stereocenters. The number of aryl methyl sites for hydroxylation is 1. The molecule has 0 aliphatic rings. The minimum Gasteiger partial charge on any atom is -0.217 e. The standard InChI is InChI=1S/C10H9N3O2S/c1-8-2-4-9(5-3-8)16(14,15)10-6-7-11-13-12-10/h2-7H,1H3. The van der Waals surface area contributed by atoms with Crippen LogP contribution in [0.15, 0.2) is 46.5 Å². The van der Waals surface area contributed by atoms with Gasteiger partial charge in [-0.3, -0.25) is 0 Å². The van der Waals surface area contributed by atoms with Gasteiger partial charge in [-0.25, -0.2) is 8.42 Å². The fourth-order valence-electron chi connectivity index (χ4n) is 1.21. The SMILES string of the molecule is Cc1ccc(S(=O)(=O)c2ccnnn2)cc1. The Kier molecular flexibility index (Phi) is 2.66. The maximum atomic E-state index is 12.0. The van der Waals surface area contributed by atoms with Crippen LogP contribution in [-0.4, -0.2) is 23.8 Å². The third kappa shape index (κ3) is 1.92. The van der Waals surface area contributed by atoms with E-state index in [1.54, 1.807) is 24.3 Å². The molecular formula is C10H9N3O2S. The van der Waals surface area contributed by atoms with E-state index >= 15 is 0 Å². The van der Waals surface area contributed by atoms with Crippen molar-refractivity contribution in [2.45, 2.75) is 16.8 Å². The van der Waals surface area contributed by atoms with E-state index in [0.29, 0.717) is 0 Å². The molecule has 82 valence electrons. The fourth-order valence-corrected chi connectivity index (χ4v) is 2.33. The van der Waals surface area contributed by atoms with Gasteiger partial charge in [-0.05, 0) is 30.3 Å². The molecule has 1 heterocycles. The molecule has 0 amide bonds. The number of sulfone groups is 1. The lowest BCUT2D eigenvalue weighted by Crippen LogP contribution is -2.05. The lowest BCUT2D eigenvalue weighted by Gasteiger charge is -2.02. The topological polar surface area (TPSA) is 72.8 Å². The van der Waals surface area contributed by atoms with Gasteiger partial charge in [-0.15, -0.1) is 10.2 Å². The monoisotopic (exact) mass is 235 g/mol. The Morgan fingerprint density at radius 3 is 2.31 bits per heavy atom. The minimum atomic E-state index is -3.57. The van der Waals surface area contributed by atoms with Crippen molar-refractivity contribution in [3.63, 3.8) is 0 Å². The van der Waals surface area contributed by atoms with Crippen LogP contribution < -0.4 is 0 Å². The van der Waals surface area contributed by atoms with Gasteiger partial charge in [0, 0.05) is 0 Å². The second-order valence-electron chi connectivity index (χ2n) is 3.28. The summed E-state index contributed by atoms with van der Waals surface area (Å²) >= 11 is 0. The van der Waals surface area contributed by atoms with Crippen LogP contribution in [0.2, 0.25) is 0 Å². The van der Waals surface area contributed by atoms with E-state index in [0.717, 1.165) is 5.56 Å². The molecule has 0 spiro atoms. The third-order valence-electron chi connectivity index (χ3n) is 2.09. The molecule has 1 aromatic carbocycles. The van der Waals surface area contributed by atoms with E-state index in [2.05, 4.69) is 15.4 Å². The summed E-state index contributed by atoms with van der Waals surface area (Å²) in [6, 6.07) is 7.89. The summed E-state index contributed by atoms with van der Waals surface area (Å²) in [5, 5.41) is 10.2. The van der Waals surface area contributed by atoms with Gasteiger partial charge >= 0.3 is 0 Å². The molecule has 2 rings (SSSR count). The van der Waals surface area contributed by atoms with E-state index in [4.69, 9.17) is 0 Å². The van der Waals surface area contributed by atoms with Crippen molar-refractivity contribution >= 4 is 9.84 Å². The van der Waals surface area contributed by atoms with Crippen LogP contribution in [0.1, 0.15) is 5.56 Å². The number of benzene rings is 1. The molecule has 0 unspecified atom stereocenters. The van der Waals surface area contributed by atoms with E-state index in [9.17, 15) is 8.42 Å². The lowest BCUT2D eigenvalue weighted by molar-refractivity contribution is 0.587. The normalized spacial score (nSPS) is 11.3. The Morgan fingerprint density at radius 2 is 1.75 bits per heavy atom. The molecule has 0 fully saturated rings. The van der Waals surface area contributed by atoms with E-state index in [1.807, 2.05) is 6.92 Å². The first-order valence-corrected chi connectivity index (χ1v) is 6.05. The molecule has 16 heavy (non-hydrogen) atoms. The predicted molar refractivity (Wildman–Crippen MR) is 56.5 cm³/mol. The highest BCUT2D eigenvalue weighted by Gasteiger charge is 2.18. The lowest BCUT2D eigenvalue weighted by atomic mass is 10.2. The van der Waals surface area contributed by atoms with Crippen LogP contribution in [0.5, 0.6) is 0 Å². The first-order chi connectivity index (χ1) is 7.60. The van der Waals surface area contributed by atoms with Gasteiger partial charge in [0.2, 0.25) is 9.84 Å². The fraction of sp³-hybridized carbons (Fsp3) is 0.100. The summed E-state index contributed by atoms with van der Waals surface area (Å²) in [6.07, 6.45) is 1.30. The van der Waals surface area contributed by atoms with Crippen LogP contribution in [0, 0.1) is 6.92 Å². The number of nitrogens with zero attached hydrogens (tertiary/aromatic N) is 3. The molecule has 0 N–H and O–H groups in total. The highest BCUT2D eigenvalue weighted by atomic mass is 32.2. The highest BCUT2D eigenvalue weighted by molar-refractivity contribution is 7.91. The van der Waals surface area contributed by atoms with Crippen molar-refractivity contribution in [3.05, 3.63) is 42.1 Å². The summed E-state index contributed by atoms with van der Waals surface area (Å²) in [4.78, 5) is 0.207. The van der Waals surface area contributed by atoms with Gasteiger partial charge in [-0.2, -0.15) is 0 Å². The molecule has 2 aromatic rings. The zero-order valence-corrected chi connectivity index (χ0v) is 9.35. The van der Waals surface area contributed by atoms with Crippen molar-refractivity contribution in [3.8, 4) is 0 Å². The van der Waals surface area contributed by atoms with Crippen molar-refractivity contribution in [1.82, 2.24) is 15.4 Å². The van der Waals surface area contributed by atoms with Crippen LogP contribution in [-0.2, 0) is 9.84 Å². The zero-order chi connectivity index (χ0) is 11.6. The van der Waals surface area contributed by atoms with Gasteiger partial charge < -0.3 is 0 Å². The smallest absolute Gasteiger partial charge is 0.217 e. The molecule has 5 nitrogen and oxygen atoms in total. The maximum absolute atomic E-state index is 12.0. The van der Waals surface area contributed by atoms with Crippen molar-refractivity contribution in [1.29, 1.82) is 0 Å². The average molecular weight is 235 g/mol. The summed E-state index contributed by atoms with van der Waals surface area (Å²) in [7, 11) is -3.57. The Labute approximate surface area is 93.1 Å². The summed E-state index contributed by atoms with van der Waals surface area (Å²) in [6.45, 7) is 1.89. The van der Waals surface area contributed by atoms with Gasteiger partial charge in [-0.1, -0.05) is 17.7 Å². The molecule has 0 saturated carbocycles. The second-order valence-corrected chi connectivity index (χ2v) is 5.17. The summed E-state index contributed by atoms with van der Waals surface area (Å²) in [5.41, 5.74) is 1.000. The average Bonchev–Trinajstić information content (AvgIpc) is 2.31. The number of hydrogen-bond acceptors (Lipinski definition) is 5. The van der Waals surface area contributed by atoms with E-state index < -0.39 is 9.84 Å². The first kappa shape index (κ1) is 10.7. The maximum Gasteiger partial charge on any atom is 0.225 e. The third-order valence-corrected chi connectivity index (χ3v) is 3.75. The Bertz CT molecular complexity index is 579. The van der Waals surface area contributed by atoms with Gasteiger partial charge in [0.1, 0.15) is 0 Å². The minimum absolute atomic E-state index is 0.0913. The molecule has 1 aromatic heterocycles. The quantitative estimate of drug-likeness (QED) is 0.776. The van der Waals surface area contributed by atoms with Gasteiger partial charge in [0.15, 0.2) is 5.03 Å². The van der Waals surface area contributed by atoms with Crippen molar-refractivity contribution < 1.29 is 8.42 Å². The highest BCUT2D eigenvalue weighted by Crippen LogP contribution is 2.17. The predicted octanol–water partition coefficient (Wildman–Crippen LogP) is 1.01. The Hall–Kier alpha value is -1.82. The van der Waals surface area contributed by atoms with Crippen LogP contribution >= 0.6 is 0 Å². The molecular weight excluding hydrogens is 226 g/mol. The Morgan fingerprint density at radius 1 is 1.06 bits per heavy atom. The second kappa shape index (κ2) is 3.97. The van der Waals surface area contributed by atoms with Crippen LogP contribution in [0.3, 0.4) is 0 Å². The molecule has 6 heteroatoms. The summed E-state index contributed by atoms with van der Waals surface area (Å²) < 4.78 is 24.0. The molecule has 0 aliphatic carbocycles. The van der Waals surface area contributed by atoms with Crippen molar-refractivity contribution in [2.75, 3.05) is 0 Å². The molecule has 0 radical (unpaired) electrons. The van der Waals surface area contributed by atoms with E-state index in [-0.39, 0.29) is 9.92 Å². The Balaban J connectivity index is 2.52. The molecule has 0 saturated heterocycles. The number of hydrogen-bond donors (Lipinski definition) is 0. The van der Waals surface area contributed by atoms with Gasteiger partial charge in [0.05, 0.1) is 11.1 Å². The number of rotatable bonds is 2. The van der Waals surface area contributed by atoms with Crippen LogP contribution in [0.4, 0.5) is 0 Å². The van der Waals surface area contributed by atoms with E-state index in [1.165, 1.54) is 12.3 Å². The van der Waals surface area contributed by atoms with Crippen molar-refractivity contribution in [2.24, 2.45) is 0 Å². The zero-order valence-electron chi connectivity index (χ0n) is 8.53. The molecule has 0 bridgehead atoms.